The Kier molecular flexibility index (Phi) is 3.78. The van der Waals surface area contributed by atoms with E-state index in [1.54, 1.807) is 18.2 Å². The minimum Gasteiger partial charge on any atom is -0.298 e. The second kappa shape index (κ2) is 5.74. The van der Waals surface area contributed by atoms with Crippen molar-refractivity contribution in [2.75, 3.05) is 6.54 Å². The monoisotopic (exact) mass is 330 g/mol. The molecule has 2 amide bonds. The van der Waals surface area contributed by atoms with Gasteiger partial charge in [0.25, 0.3) is 11.8 Å². The summed E-state index contributed by atoms with van der Waals surface area (Å²) in [5.41, 5.74) is 2.05. The molecule has 0 radical (unpaired) electrons. The van der Waals surface area contributed by atoms with E-state index in [1.165, 1.54) is 11.0 Å². The quantitative estimate of drug-likeness (QED) is 0.399. The zero-order valence-corrected chi connectivity index (χ0v) is 12.9. The molecule has 0 unspecified atom stereocenters. The largest absolute Gasteiger partial charge is 0.298 e. The third-order valence-electron chi connectivity index (χ3n) is 3.11. The normalized spacial score (nSPS) is 17.2. The number of benzene rings is 1. The second-order valence-electron chi connectivity index (χ2n) is 4.50. The molecular weight excluding hydrogens is 320 g/mol. The molecule has 0 bridgehead atoms. The zero-order chi connectivity index (χ0) is 15.7. The average Bonchev–Trinajstić information content (AvgIpc) is 2.97. The lowest BCUT2D eigenvalue weighted by atomic mass is 10.1. The predicted molar refractivity (Wildman–Crippen MR) is 88.0 cm³/mol. The maximum absolute atomic E-state index is 12.4. The van der Waals surface area contributed by atoms with E-state index in [9.17, 15) is 9.59 Å². The van der Waals surface area contributed by atoms with Crippen molar-refractivity contribution in [3.63, 3.8) is 0 Å². The number of rotatable bonds is 3. The Morgan fingerprint density at radius 3 is 2.95 bits per heavy atom. The Balaban J connectivity index is 2.07. The molecule has 2 heterocycles. The van der Waals surface area contributed by atoms with E-state index in [4.69, 9.17) is 12.2 Å². The molecule has 0 atom stereocenters. The van der Waals surface area contributed by atoms with Crippen LogP contribution < -0.4 is 5.32 Å². The highest BCUT2D eigenvalue weighted by Gasteiger charge is 2.32. The first-order chi connectivity index (χ1) is 10.6. The van der Waals surface area contributed by atoms with E-state index < -0.39 is 11.8 Å². The first-order valence-electron chi connectivity index (χ1n) is 6.33. The number of thiocarbonyl (C=S) groups is 1. The number of nitrogens with one attached hydrogen (secondary N) is 1. The molecule has 110 valence electrons. The summed E-state index contributed by atoms with van der Waals surface area (Å²) in [6.07, 6.45) is 3.06. The van der Waals surface area contributed by atoms with Gasteiger partial charge >= 0.3 is 0 Å². The molecule has 3 rings (SSSR count). The van der Waals surface area contributed by atoms with Crippen molar-refractivity contribution in [3.05, 3.63) is 42.0 Å². The Morgan fingerprint density at radius 2 is 2.18 bits per heavy atom. The molecule has 1 saturated heterocycles. The van der Waals surface area contributed by atoms with Crippen LogP contribution in [0.1, 0.15) is 5.56 Å². The van der Waals surface area contributed by atoms with E-state index in [1.807, 2.05) is 6.07 Å². The van der Waals surface area contributed by atoms with Gasteiger partial charge < -0.3 is 0 Å². The molecule has 22 heavy (non-hydrogen) atoms. The standard InChI is InChI=1S/C14H10N4O2S2/c1-2-6-18-13(20)9(12(19)15-14(18)21)7-8-4-3-5-10-11(8)17-22-16-10/h2-5,7H,1,6H2,(H,15,19,21). The number of carbonyl (C=O) groups is 2. The summed E-state index contributed by atoms with van der Waals surface area (Å²) in [5.74, 6) is -0.968. The second-order valence-corrected chi connectivity index (χ2v) is 5.42. The molecule has 1 aromatic carbocycles. The van der Waals surface area contributed by atoms with Crippen LogP contribution in [0.4, 0.5) is 0 Å². The topological polar surface area (TPSA) is 75.2 Å². The lowest BCUT2D eigenvalue weighted by molar-refractivity contribution is -0.128. The van der Waals surface area contributed by atoms with Gasteiger partial charge in [-0.15, -0.1) is 6.58 Å². The summed E-state index contributed by atoms with van der Waals surface area (Å²) in [6.45, 7) is 3.82. The maximum Gasteiger partial charge on any atom is 0.265 e. The molecule has 0 saturated carbocycles. The van der Waals surface area contributed by atoms with E-state index in [-0.39, 0.29) is 17.2 Å². The summed E-state index contributed by atoms with van der Waals surface area (Å²) >= 11 is 6.09. The lowest BCUT2D eigenvalue weighted by Crippen LogP contribution is -2.53. The van der Waals surface area contributed by atoms with Gasteiger partial charge in [-0.3, -0.25) is 19.8 Å². The smallest absolute Gasteiger partial charge is 0.265 e. The highest BCUT2D eigenvalue weighted by atomic mass is 32.1. The molecule has 1 aliphatic rings. The number of fused-ring (bicyclic) bond motifs is 1. The first-order valence-corrected chi connectivity index (χ1v) is 7.46. The molecule has 0 aliphatic carbocycles. The number of hydrogen-bond acceptors (Lipinski definition) is 6. The van der Waals surface area contributed by atoms with Gasteiger partial charge in [-0.05, 0) is 24.4 Å². The van der Waals surface area contributed by atoms with Crippen molar-refractivity contribution in [1.29, 1.82) is 0 Å². The highest BCUT2D eigenvalue weighted by molar-refractivity contribution is 7.80. The Labute approximate surface area is 135 Å². The Bertz CT molecular complexity index is 840. The number of aromatic nitrogens is 2. The Morgan fingerprint density at radius 1 is 1.36 bits per heavy atom. The van der Waals surface area contributed by atoms with Gasteiger partial charge in [0.15, 0.2) is 5.11 Å². The van der Waals surface area contributed by atoms with Crippen molar-refractivity contribution in [3.8, 4) is 0 Å². The zero-order valence-electron chi connectivity index (χ0n) is 11.3. The fourth-order valence-corrected chi connectivity index (χ4v) is 2.89. The molecule has 1 aliphatic heterocycles. The van der Waals surface area contributed by atoms with Gasteiger partial charge in [-0.25, -0.2) is 0 Å². The van der Waals surface area contributed by atoms with Crippen molar-refractivity contribution < 1.29 is 9.59 Å². The minimum atomic E-state index is -0.518. The summed E-state index contributed by atoms with van der Waals surface area (Å²) < 4.78 is 8.33. The molecule has 0 spiro atoms. The van der Waals surface area contributed by atoms with Crippen LogP contribution in [0, 0.1) is 0 Å². The van der Waals surface area contributed by atoms with Crippen molar-refractivity contribution >= 4 is 58.0 Å². The third-order valence-corrected chi connectivity index (χ3v) is 3.98. The Hall–Kier alpha value is -2.45. The molecule has 8 heteroatoms. The first kappa shape index (κ1) is 14.5. The number of carbonyl (C=O) groups excluding carboxylic acids is 2. The van der Waals surface area contributed by atoms with Gasteiger partial charge in [0.2, 0.25) is 0 Å². The van der Waals surface area contributed by atoms with Crippen LogP contribution in [0.3, 0.4) is 0 Å². The van der Waals surface area contributed by atoms with E-state index in [0.717, 1.165) is 17.2 Å². The number of nitrogens with zero attached hydrogens (tertiary/aromatic N) is 3. The maximum atomic E-state index is 12.4. The van der Waals surface area contributed by atoms with Crippen LogP contribution in [0.15, 0.2) is 36.4 Å². The average molecular weight is 330 g/mol. The molecule has 1 N–H and O–H groups in total. The van der Waals surface area contributed by atoms with Crippen LogP contribution in [0.5, 0.6) is 0 Å². The van der Waals surface area contributed by atoms with Crippen LogP contribution in [-0.2, 0) is 9.59 Å². The molecule has 2 aromatic rings. The van der Waals surface area contributed by atoms with Crippen LogP contribution in [0.2, 0.25) is 0 Å². The molecular formula is C14H10N4O2S2. The van der Waals surface area contributed by atoms with Gasteiger partial charge in [0.1, 0.15) is 16.6 Å². The van der Waals surface area contributed by atoms with Crippen LogP contribution >= 0.6 is 23.9 Å². The van der Waals surface area contributed by atoms with Crippen molar-refractivity contribution in [2.24, 2.45) is 0 Å². The third kappa shape index (κ3) is 2.42. The van der Waals surface area contributed by atoms with Crippen molar-refractivity contribution in [1.82, 2.24) is 19.0 Å². The van der Waals surface area contributed by atoms with Gasteiger partial charge in [0, 0.05) is 12.1 Å². The van der Waals surface area contributed by atoms with E-state index >= 15 is 0 Å². The predicted octanol–water partition coefficient (Wildman–Crippen LogP) is 1.50. The minimum absolute atomic E-state index is 0.0101. The molecule has 1 aromatic heterocycles. The van der Waals surface area contributed by atoms with Gasteiger partial charge in [-0.2, -0.15) is 8.75 Å². The fourth-order valence-electron chi connectivity index (χ4n) is 2.09. The summed E-state index contributed by atoms with van der Waals surface area (Å²) in [5, 5.41) is 2.59. The summed E-state index contributed by atoms with van der Waals surface area (Å²) in [7, 11) is 0. The van der Waals surface area contributed by atoms with Crippen molar-refractivity contribution in [2.45, 2.75) is 0 Å². The summed E-state index contributed by atoms with van der Waals surface area (Å²) in [4.78, 5) is 25.8. The van der Waals surface area contributed by atoms with Gasteiger partial charge in [-0.1, -0.05) is 18.2 Å². The summed E-state index contributed by atoms with van der Waals surface area (Å²) in [6, 6.07) is 5.40. The van der Waals surface area contributed by atoms with Crippen LogP contribution in [0.25, 0.3) is 17.1 Å². The molecule has 6 nitrogen and oxygen atoms in total. The van der Waals surface area contributed by atoms with E-state index in [0.29, 0.717) is 11.1 Å². The number of amides is 2. The van der Waals surface area contributed by atoms with Crippen LogP contribution in [-0.4, -0.2) is 37.1 Å². The fraction of sp³-hybridized carbons (Fsp3) is 0.0714. The SMILES string of the molecule is C=CCN1C(=O)C(=Cc2cccc3nsnc23)C(=O)NC1=S. The molecule has 1 fully saturated rings. The van der Waals surface area contributed by atoms with E-state index in [2.05, 4.69) is 20.6 Å². The van der Waals surface area contributed by atoms with Gasteiger partial charge in [0.05, 0.1) is 11.7 Å². The lowest BCUT2D eigenvalue weighted by Gasteiger charge is -2.27. The number of hydrogen-bond donors (Lipinski definition) is 1. The highest BCUT2D eigenvalue weighted by Crippen LogP contribution is 2.21.